The van der Waals surface area contributed by atoms with E-state index >= 15 is 0 Å². The molecule has 138 valence electrons. The van der Waals surface area contributed by atoms with Gasteiger partial charge in [0.25, 0.3) is 5.91 Å². The summed E-state index contributed by atoms with van der Waals surface area (Å²) in [4.78, 5) is 12.9. The van der Waals surface area contributed by atoms with Gasteiger partial charge in [0, 0.05) is 6.04 Å². The molecule has 1 aromatic heterocycles. The summed E-state index contributed by atoms with van der Waals surface area (Å²) >= 11 is 0. The minimum Gasteiger partial charge on any atom is -0.347 e. The number of piperidine rings is 1. The van der Waals surface area contributed by atoms with Crippen molar-refractivity contribution in [3.8, 4) is 0 Å². The Morgan fingerprint density at radius 2 is 1.96 bits per heavy atom. The van der Waals surface area contributed by atoms with E-state index in [4.69, 9.17) is 0 Å². The van der Waals surface area contributed by atoms with Crippen LogP contribution in [0.2, 0.25) is 0 Å². The first-order valence-corrected chi connectivity index (χ1v) is 9.78. The molecule has 3 fully saturated rings. The Bertz CT molecular complexity index is 675. The maximum Gasteiger partial charge on any atom is 0.273 e. The minimum atomic E-state index is -0.0488. The maximum absolute atomic E-state index is 12.9. The highest BCUT2D eigenvalue weighted by atomic mass is 16.2. The third-order valence-corrected chi connectivity index (χ3v) is 7.90. The Hall–Kier alpha value is -1.43. The number of rotatable bonds is 3. The van der Waals surface area contributed by atoms with Gasteiger partial charge in [0.2, 0.25) is 0 Å². The summed E-state index contributed by atoms with van der Waals surface area (Å²) in [6.07, 6.45) is 5.68. The molecule has 2 aliphatic carbocycles. The van der Waals surface area contributed by atoms with Crippen LogP contribution in [0, 0.1) is 23.7 Å². The van der Waals surface area contributed by atoms with Crippen molar-refractivity contribution in [3.05, 3.63) is 11.4 Å². The van der Waals surface area contributed by atoms with E-state index in [0.717, 1.165) is 38.0 Å². The molecule has 1 saturated heterocycles. The first-order chi connectivity index (χ1) is 11.8. The second kappa shape index (κ2) is 5.79. The van der Waals surface area contributed by atoms with E-state index in [-0.39, 0.29) is 17.4 Å². The zero-order chi connectivity index (χ0) is 17.8. The number of aromatic nitrogens is 3. The number of nitrogens with one attached hydrogen (secondary N) is 2. The van der Waals surface area contributed by atoms with E-state index < -0.39 is 0 Å². The van der Waals surface area contributed by atoms with Crippen LogP contribution in [-0.2, 0) is 0 Å². The third kappa shape index (κ3) is 2.44. The minimum absolute atomic E-state index is 0.0488. The largest absolute Gasteiger partial charge is 0.347 e. The molecule has 6 nitrogen and oxygen atoms in total. The Morgan fingerprint density at radius 3 is 2.56 bits per heavy atom. The van der Waals surface area contributed by atoms with Gasteiger partial charge in [0.05, 0.1) is 11.7 Å². The molecule has 2 heterocycles. The highest BCUT2D eigenvalue weighted by Crippen LogP contribution is 2.65. The second-order valence-electron chi connectivity index (χ2n) is 9.09. The lowest BCUT2D eigenvalue weighted by molar-refractivity contribution is 0.0821. The molecule has 6 heteroatoms. The molecule has 2 saturated carbocycles. The second-order valence-corrected chi connectivity index (χ2v) is 9.09. The number of nitrogens with zero attached hydrogens (tertiary/aromatic N) is 3. The van der Waals surface area contributed by atoms with Crippen molar-refractivity contribution in [2.24, 2.45) is 16.7 Å². The molecule has 0 aromatic carbocycles. The predicted molar refractivity (Wildman–Crippen MR) is 96.4 cm³/mol. The molecule has 2 N–H and O–H groups in total. The number of fused-ring (bicyclic) bond motifs is 2. The number of amides is 1. The average molecular weight is 345 g/mol. The average Bonchev–Trinajstić information content (AvgIpc) is 3.14. The van der Waals surface area contributed by atoms with E-state index in [2.05, 4.69) is 41.7 Å². The smallest absolute Gasteiger partial charge is 0.273 e. The molecule has 1 aliphatic heterocycles. The van der Waals surface area contributed by atoms with Crippen LogP contribution >= 0.6 is 0 Å². The highest BCUT2D eigenvalue weighted by molar-refractivity contribution is 5.93. The summed E-state index contributed by atoms with van der Waals surface area (Å²) in [6, 6.07) is 0.603. The lowest BCUT2D eigenvalue weighted by Gasteiger charge is -2.39. The van der Waals surface area contributed by atoms with E-state index in [9.17, 15) is 4.79 Å². The van der Waals surface area contributed by atoms with Crippen LogP contribution in [0.3, 0.4) is 0 Å². The summed E-state index contributed by atoms with van der Waals surface area (Å²) in [5.74, 6) is 0.668. The lowest BCUT2D eigenvalue weighted by Crippen LogP contribution is -2.47. The van der Waals surface area contributed by atoms with Crippen molar-refractivity contribution < 1.29 is 4.79 Å². The zero-order valence-electron chi connectivity index (χ0n) is 15.9. The molecule has 25 heavy (non-hydrogen) atoms. The standard InChI is InChI=1S/C19H31N5O/c1-12-16(22-23-24(12)14-6-9-20-10-7-14)17(25)21-15-11-13-5-8-19(15,4)18(13,2)3/h13-15,20H,5-11H2,1-4H3,(H,21,25). The molecular formula is C19H31N5O. The molecule has 4 rings (SSSR count). The molecule has 1 aromatic rings. The molecule has 3 atom stereocenters. The summed E-state index contributed by atoms with van der Waals surface area (Å²) in [7, 11) is 0. The number of hydrogen-bond acceptors (Lipinski definition) is 4. The van der Waals surface area contributed by atoms with Crippen LogP contribution in [0.15, 0.2) is 0 Å². The fourth-order valence-corrected chi connectivity index (χ4v) is 5.60. The van der Waals surface area contributed by atoms with Crippen molar-refractivity contribution >= 4 is 5.91 Å². The Kier molecular flexibility index (Phi) is 3.94. The van der Waals surface area contributed by atoms with Crippen molar-refractivity contribution in [2.75, 3.05) is 13.1 Å². The SMILES string of the molecule is Cc1c(C(=O)NC2CC3CCC2(C)C3(C)C)nnn1C1CCNCC1. The topological polar surface area (TPSA) is 71.8 Å². The van der Waals surface area contributed by atoms with Gasteiger partial charge in [-0.3, -0.25) is 4.79 Å². The third-order valence-electron chi connectivity index (χ3n) is 7.90. The van der Waals surface area contributed by atoms with E-state index in [0.29, 0.717) is 23.1 Å². The normalized spacial score (nSPS) is 34.4. The highest BCUT2D eigenvalue weighted by Gasteiger charge is 2.61. The quantitative estimate of drug-likeness (QED) is 0.883. The fourth-order valence-electron chi connectivity index (χ4n) is 5.60. The van der Waals surface area contributed by atoms with Crippen molar-refractivity contribution in [3.63, 3.8) is 0 Å². The monoisotopic (exact) mass is 345 g/mol. The molecule has 2 bridgehead atoms. The van der Waals surface area contributed by atoms with Crippen LogP contribution in [0.4, 0.5) is 0 Å². The van der Waals surface area contributed by atoms with E-state index in [1.165, 1.54) is 12.8 Å². The van der Waals surface area contributed by atoms with Gasteiger partial charge in [-0.2, -0.15) is 0 Å². The van der Waals surface area contributed by atoms with Gasteiger partial charge in [0.1, 0.15) is 0 Å². The number of hydrogen-bond donors (Lipinski definition) is 2. The fraction of sp³-hybridized carbons (Fsp3) is 0.842. The predicted octanol–water partition coefficient (Wildman–Crippen LogP) is 2.46. The molecule has 3 aliphatic rings. The number of carbonyl (C=O) groups is 1. The zero-order valence-corrected chi connectivity index (χ0v) is 15.9. The molecule has 3 unspecified atom stereocenters. The molecule has 0 spiro atoms. The molecule has 1 amide bonds. The van der Waals surface area contributed by atoms with Crippen LogP contribution in [0.5, 0.6) is 0 Å². The van der Waals surface area contributed by atoms with Crippen molar-refractivity contribution in [2.45, 2.75) is 71.9 Å². The van der Waals surface area contributed by atoms with E-state index in [1.807, 2.05) is 11.6 Å². The summed E-state index contributed by atoms with van der Waals surface area (Å²) in [6.45, 7) is 11.1. The summed E-state index contributed by atoms with van der Waals surface area (Å²) in [5.41, 5.74) is 1.89. The Labute approximate surface area is 150 Å². The van der Waals surface area contributed by atoms with Gasteiger partial charge in [-0.05, 0) is 68.9 Å². The van der Waals surface area contributed by atoms with Crippen LogP contribution in [-0.4, -0.2) is 40.0 Å². The van der Waals surface area contributed by atoms with Gasteiger partial charge < -0.3 is 10.6 Å². The van der Waals surface area contributed by atoms with Gasteiger partial charge in [-0.1, -0.05) is 26.0 Å². The van der Waals surface area contributed by atoms with Gasteiger partial charge >= 0.3 is 0 Å². The Morgan fingerprint density at radius 1 is 1.24 bits per heavy atom. The van der Waals surface area contributed by atoms with Gasteiger partial charge in [0.15, 0.2) is 5.69 Å². The molecule has 0 radical (unpaired) electrons. The van der Waals surface area contributed by atoms with Gasteiger partial charge in [-0.15, -0.1) is 5.10 Å². The first-order valence-electron chi connectivity index (χ1n) is 9.78. The summed E-state index contributed by atoms with van der Waals surface area (Å²) < 4.78 is 1.96. The van der Waals surface area contributed by atoms with E-state index in [1.54, 1.807) is 0 Å². The first kappa shape index (κ1) is 17.0. The summed E-state index contributed by atoms with van der Waals surface area (Å²) in [5, 5.41) is 15.2. The van der Waals surface area contributed by atoms with Crippen molar-refractivity contribution in [1.82, 2.24) is 25.6 Å². The van der Waals surface area contributed by atoms with Crippen LogP contribution in [0.25, 0.3) is 0 Å². The number of carbonyl (C=O) groups excluding carboxylic acids is 1. The van der Waals surface area contributed by atoms with Gasteiger partial charge in [-0.25, -0.2) is 4.68 Å². The molecular weight excluding hydrogens is 314 g/mol. The van der Waals surface area contributed by atoms with Crippen LogP contribution in [0.1, 0.15) is 75.1 Å². The van der Waals surface area contributed by atoms with Crippen LogP contribution < -0.4 is 10.6 Å². The lowest BCUT2D eigenvalue weighted by atomic mass is 9.69. The van der Waals surface area contributed by atoms with Crippen molar-refractivity contribution in [1.29, 1.82) is 0 Å². The Balaban J connectivity index is 1.50. The maximum atomic E-state index is 12.9.